The molecular formula is C13H17BF2O3. The second-order valence-corrected chi connectivity index (χ2v) is 4.97. The molecule has 0 spiro atoms. The molecule has 2 N–H and O–H groups in total. The molecule has 1 fully saturated rings. The predicted octanol–water partition coefficient (Wildman–Crippen LogP) is 1.60. The Bertz CT molecular complexity index is 434. The van der Waals surface area contributed by atoms with Crippen molar-refractivity contribution in [3.05, 3.63) is 23.8 Å². The van der Waals surface area contributed by atoms with Gasteiger partial charge in [0, 0.05) is 5.46 Å². The lowest BCUT2D eigenvalue weighted by atomic mass is 9.80. The summed E-state index contributed by atoms with van der Waals surface area (Å²) < 4.78 is 32.5. The van der Waals surface area contributed by atoms with Crippen molar-refractivity contribution < 1.29 is 23.6 Å². The molecule has 19 heavy (non-hydrogen) atoms. The fraction of sp³-hybridized carbons (Fsp3) is 0.538. The van der Waals surface area contributed by atoms with Crippen LogP contribution in [0.5, 0.6) is 5.75 Å². The lowest BCUT2D eigenvalue weighted by Crippen LogP contribution is -2.33. The average Bonchev–Trinajstić information content (AvgIpc) is 2.41. The molecule has 0 amide bonds. The van der Waals surface area contributed by atoms with E-state index in [4.69, 9.17) is 14.8 Å². The third kappa shape index (κ3) is 3.45. The van der Waals surface area contributed by atoms with Crippen molar-refractivity contribution in [1.29, 1.82) is 0 Å². The first-order valence-corrected chi connectivity index (χ1v) is 6.56. The number of halogens is 2. The van der Waals surface area contributed by atoms with Crippen LogP contribution in [-0.4, -0.2) is 23.8 Å². The summed E-state index contributed by atoms with van der Waals surface area (Å²) in [5.74, 6) is -2.22. The molecule has 1 aliphatic carbocycles. The lowest BCUT2D eigenvalue weighted by molar-refractivity contribution is 0.200. The third-order valence-electron chi connectivity index (χ3n) is 3.55. The summed E-state index contributed by atoms with van der Waals surface area (Å²) >= 11 is 0. The summed E-state index contributed by atoms with van der Waals surface area (Å²) in [7, 11) is -2.03. The highest BCUT2D eigenvalue weighted by Gasteiger charge is 2.23. The quantitative estimate of drug-likeness (QED) is 0.817. The van der Waals surface area contributed by atoms with Crippen LogP contribution >= 0.6 is 0 Å². The van der Waals surface area contributed by atoms with E-state index in [-0.39, 0.29) is 5.75 Å². The van der Waals surface area contributed by atoms with Crippen LogP contribution in [0.4, 0.5) is 8.78 Å². The van der Waals surface area contributed by atoms with Crippen LogP contribution in [0.1, 0.15) is 32.1 Å². The fourth-order valence-corrected chi connectivity index (χ4v) is 2.42. The van der Waals surface area contributed by atoms with Crippen molar-refractivity contribution in [2.45, 2.75) is 32.1 Å². The zero-order chi connectivity index (χ0) is 13.8. The smallest absolute Gasteiger partial charge is 0.490 e. The summed E-state index contributed by atoms with van der Waals surface area (Å²) in [4.78, 5) is 0. The van der Waals surface area contributed by atoms with Gasteiger partial charge in [-0.2, -0.15) is 4.39 Å². The summed E-state index contributed by atoms with van der Waals surface area (Å²) in [6.45, 7) is 0.372. The molecule has 1 saturated carbocycles. The first-order valence-electron chi connectivity index (χ1n) is 6.56. The minimum absolute atomic E-state index is 0.174. The molecule has 3 nitrogen and oxygen atoms in total. The molecule has 0 heterocycles. The second-order valence-electron chi connectivity index (χ2n) is 4.97. The zero-order valence-corrected chi connectivity index (χ0v) is 10.6. The Morgan fingerprint density at radius 2 is 1.79 bits per heavy atom. The maximum absolute atomic E-state index is 13.7. The van der Waals surface area contributed by atoms with Gasteiger partial charge in [0.1, 0.15) is 0 Å². The van der Waals surface area contributed by atoms with Gasteiger partial charge < -0.3 is 14.8 Å². The van der Waals surface area contributed by atoms with Crippen LogP contribution in [0.15, 0.2) is 12.1 Å². The van der Waals surface area contributed by atoms with Gasteiger partial charge in [0.2, 0.25) is 0 Å². The molecule has 0 radical (unpaired) electrons. The normalized spacial score (nSPS) is 16.4. The van der Waals surface area contributed by atoms with E-state index in [2.05, 4.69) is 0 Å². The maximum Gasteiger partial charge on any atom is 0.491 e. The highest BCUT2D eigenvalue weighted by Crippen LogP contribution is 2.25. The number of benzene rings is 1. The van der Waals surface area contributed by atoms with E-state index in [0.29, 0.717) is 12.5 Å². The van der Waals surface area contributed by atoms with Gasteiger partial charge in [-0.1, -0.05) is 25.3 Å². The van der Waals surface area contributed by atoms with Crippen molar-refractivity contribution >= 4 is 12.6 Å². The molecular weight excluding hydrogens is 253 g/mol. The van der Waals surface area contributed by atoms with Crippen molar-refractivity contribution in [2.75, 3.05) is 6.61 Å². The summed E-state index contributed by atoms with van der Waals surface area (Å²) in [6.07, 6.45) is 5.64. The zero-order valence-electron chi connectivity index (χ0n) is 10.6. The van der Waals surface area contributed by atoms with Crippen molar-refractivity contribution in [1.82, 2.24) is 0 Å². The third-order valence-corrected chi connectivity index (χ3v) is 3.55. The highest BCUT2D eigenvalue weighted by molar-refractivity contribution is 6.58. The average molecular weight is 270 g/mol. The van der Waals surface area contributed by atoms with Gasteiger partial charge >= 0.3 is 7.12 Å². The van der Waals surface area contributed by atoms with Gasteiger partial charge in [-0.05, 0) is 24.8 Å². The van der Waals surface area contributed by atoms with Gasteiger partial charge in [0.25, 0.3) is 0 Å². The monoisotopic (exact) mass is 270 g/mol. The van der Waals surface area contributed by atoms with Crippen LogP contribution in [0.3, 0.4) is 0 Å². The summed E-state index contributed by atoms with van der Waals surface area (Å²) in [6, 6.07) is 2.36. The van der Waals surface area contributed by atoms with Crippen molar-refractivity contribution in [3.8, 4) is 5.75 Å². The van der Waals surface area contributed by atoms with Crippen LogP contribution in [0, 0.1) is 17.6 Å². The summed E-state index contributed by atoms with van der Waals surface area (Å²) in [5.41, 5.74) is -0.484. The van der Waals surface area contributed by atoms with E-state index < -0.39 is 24.2 Å². The second kappa shape index (κ2) is 6.35. The number of hydrogen-bond acceptors (Lipinski definition) is 3. The van der Waals surface area contributed by atoms with Gasteiger partial charge in [-0.25, -0.2) is 4.39 Å². The van der Waals surface area contributed by atoms with Gasteiger partial charge in [-0.3, -0.25) is 0 Å². The van der Waals surface area contributed by atoms with E-state index >= 15 is 0 Å². The summed E-state index contributed by atoms with van der Waals surface area (Å²) in [5, 5.41) is 17.7. The minimum atomic E-state index is -2.03. The predicted molar refractivity (Wildman–Crippen MR) is 68.3 cm³/mol. The molecule has 0 aromatic heterocycles. The number of rotatable bonds is 4. The van der Waals surface area contributed by atoms with Crippen LogP contribution in [0.2, 0.25) is 0 Å². The van der Waals surface area contributed by atoms with Crippen molar-refractivity contribution in [3.63, 3.8) is 0 Å². The van der Waals surface area contributed by atoms with Crippen LogP contribution < -0.4 is 10.2 Å². The Balaban J connectivity index is 2.02. The van der Waals surface area contributed by atoms with Gasteiger partial charge in [0.15, 0.2) is 17.4 Å². The Morgan fingerprint density at radius 3 is 2.42 bits per heavy atom. The van der Waals surface area contributed by atoms with E-state index in [9.17, 15) is 8.78 Å². The van der Waals surface area contributed by atoms with Gasteiger partial charge in [-0.15, -0.1) is 0 Å². The molecule has 6 heteroatoms. The SMILES string of the molecule is OB(O)c1ccc(OCC2CCCCC2)c(F)c1F. The molecule has 0 unspecified atom stereocenters. The largest absolute Gasteiger partial charge is 0.491 e. The first-order chi connectivity index (χ1) is 9.09. The molecule has 104 valence electrons. The fourth-order valence-electron chi connectivity index (χ4n) is 2.42. The first kappa shape index (κ1) is 14.3. The Hall–Kier alpha value is -1.14. The standard InChI is InChI=1S/C13H17BF2O3/c15-12-10(14(17)18)6-7-11(13(12)16)19-8-9-4-2-1-3-5-9/h6-7,9,17-18H,1-5,8H2. The van der Waals surface area contributed by atoms with Crippen LogP contribution in [0.25, 0.3) is 0 Å². The topological polar surface area (TPSA) is 49.7 Å². The molecule has 1 aromatic carbocycles. The molecule has 0 bridgehead atoms. The Morgan fingerprint density at radius 1 is 1.11 bits per heavy atom. The molecule has 2 rings (SSSR count). The Kier molecular flexibility index (Phi) is 4.77. The van der Waals surface area contributed by atoms with E-state index in [0.717, 1.165) is 31.7 Å². The molecule has 0 aliphatic heterocycles. The molecule has 0 atom stereocenters. The van der Waals surface area contributed by atoms with Crippen LogP contribution in [-0.2, 0) is 0 Å². The maximum atomic E-state index is 13.7. The molecule has 0 saturated heterocycles. The highest BCUT2D eigenvalue weighted by atomic mass is 19.2. The van der Waals surface area contributed by atoms with E-state index in [1.165, 1.54) is 12.5 Å². The van der Waals surface area contributed by atoms with Crippen molar-refractivity contribution in [2.24, 2.45) is 5.92 Å². The van der Waals surface area contributed by atoms with E-state index in [1.54, 1.807) is 0 Å². The molecule has 1 aromatic rings. The number of ether oxygens (including phenoxy) is 1. The minimum Gasteiger partial charge on any atom is -0.490 e. The molecule has 1 aliphatic rings. The van der Waals surface area contributed by atoms with E-state index in [1.807, 2.05) is 0 Å². The number of hydrogen-bond donors (Lipinski definition) is 2. The van der Waals surface area contributed by atoms with Gasteiger partial charge in [0.05, 0.1) is 6.61 Å². The lowest BCUT2D eigenvalue weighted by Gasteiger charge is -2.21. The Labute approximate surface area is 111 Å².